The van der Waals surface area contributed by atoms with Crippen LogP contribution in [-0.2, 0) is 13.0 Å². The van der Waals surface area contributed by atoms with E-state index < -0.39 is 0 Å². The van der Waals surface area contributed by atoms with E-state index in [1.165, 1.54) is 11.1 Å². The van der Waals surface area contributed by atoms with Crippen LogP contribution in [0.25, 0.3) is 0 Å². The van der Waals surface area contributed by atoms with Crippen molar-refractivity contribution in [1.29, 1.82) is 0 Å². The lowest BCUT2D eigenvalue weighted by Gasteiger charge is -2.30. The first-order valence-corrected chi connectivity index (χ1v) is 11.6. The molecule has 0 fully saturated rings. The summed E-state index contributed by atoms with van der Waals surface area (Å²) in [4.78, 5) is 0. The second-order valence-corrected chi connectivity index (χ2v) is 8.39. The number of hydrogen-bond acceptors (Lipinski definition) is 5. The van der Waals surface area contributed by atoms with Crippen molar-refractivity contribution in [3.8, 4) is 23.0 Å². The smallest absolute Gasteiger partial charge is 0.164 e. The Hall–Kier alpha value is -2.70. The highest BCUT2D eigenvalue weighted by atomic mass is 79.9. The van der Waals surface area contributed by atoms with Crippen LogP contribution in [0, 0.1) is 0 Å². The molecule has 1 N–H and O–H groups in total. The van der Waals surface area contributed by atoms with Gasteiger partial charge in [0.05, 0.1) is 26.9 Å². The van der Waals surface area contributed by atoms with Gasteiger partial charge >= 0.3 is 0 Å². The summed E-state index contributed by atoms with van der Waals surface area (Å²) in [6.45, 7) is 3.90. The molecule has 0 saturated heterocycles. The van der Waals surface area contributed by atoms with Crippen molar-refractivity contribution < 1.29 is 18.9 Å². The molecule has 0 saturated carbocycles. The lowest BCUT2D eigenvalue weighted by Crippen LogP contribution is -2.31. The molecule has 1 heterocycles. The Kier molecular flexibility index (Phi) is 7.22. The van der Waals surface area contributed by atoms with Gasteiger partial charge in [-0.05, 0) is 48.2 Å². The second kappa shape index (κ2) is 10.3. The Labute approximate surface area is 197 Å². The highest BCUT2D eigenvalue weighted by molar-refractivity contribution is 9.10. The van der Waals surface area contributed by atoms with Gasteiger partial charge in [-0.3, -0.25) is 0 Å². The van der Waals surface area contributed by atoms with Crippen molar-refractivity contribution in [2.75, 3.05) is 27.4 Å². The lowest BCUT2D eigenvalue weighted by atomic mass is 9.88. The van der Waals surface area contributed by atoms with Crippen LogP contribution in [0.5, 0.6) is 23.0 Å². The molecular formula is C26H28BrNO4. The summed E-state index contributed by atoms with van der Waals surface area (Å²) < 4.78 is 24.2. The average Bonchev–Trinajstić information content (AvgIpc) is 2.83. The highest BCUT2D eigenvalue weighted by Gasteiger charge is 2.28. The zero-order chi connectivity index (χ0) is 22.5. The molecule has 0 aromatic heterocycles. The zero-order valence-electron chi connectivity index (χ0n) is 18.6. The van der Waals surface area contributed by atoms with Crippen molar-refractivity contribution in [3.63, 3.8) is 0 Å². The molecular weight excluding hydrogens is 470 g/mol. The van der Waals surface area contributed by atoms with E-state index in [4.69, 9.17) is 18.9 Å². The van der Waals surface area contributed by atoms with Crippen LogP contribution in [0.3, 0.4) is 0 Å². The van der Waals surface area contributed by atoms with Gasteiger partial charge in [0.15, 0.2) is 23.0 Å². The number of fused-ring (bicyclic) bond motifs is 1. The van der Waals surface area contributed by atoms with Crippen LogP contribution in [0.15, 0.2) is 59.1 Å². The zero-order valence-corrected chi connectivity index (χ0v) is 20.2. The number of ether oxygens (including phenoxy) is 4. The normalized spacial score (nSPS) is 15.1. The summed E-state index contributed by atoms with van der Waals surface area (Å²) >= 11 is 3.77. The van der Waals surface area contributed by atoms with Crippen LogP contribution < -0.4 is 24.3 Å². The maximum Gasteiger partial charge on any atom is 0.164 e. The third kappa shape index (κ3) is 4.57. The predicted molar refractivity (Wildman–Crippen MR) is 129 cm³/mol. The van der Waals surface area contributed by atoms with E-state index in [1.54, 1.807) is 14.2 Å². The van der Waals surface area contributed by atoms with Crippen molar-refractivity contribution in [3.05, 3.63) is 81.3 Å². The quantitative estimate of drug-likeness (QED) is 0.433. The Morgan fingerprint density at radius 2 is 1.69 bits per heavy atom. The first kappa shape index (κ1) is 22.5. The van der Waals surface area contributed by atoms with Crippen molar-refractivity contribution in [1.82, 2.24) is 5.32 Å². The van der Waals surface area contributed by atoms with Crippen molar-refractivity contribution >= 4 is 15.9 Å². The van der Waals surface area contributed by atoms with E-state index in [-0.39, 0.29) is 6.04 Å². The summed E-state index contributed by atoms with van der Waals surface area (Å²) in [5.41, 5.74) is 4.56. The van der Waals surface area contributed by atoms with Gasteiger partial charge < -0.3 is 24.3 Å². The van der Waals surface area contributed by atoms with Crippen molar-refractivity contribution in [2.24, 2.45) is 0 Å². The Morgan fingerprint density at radius 3 is 2.41 bits per heavy atom. The Balaban J connectivity index is 1.68. The second-order valence-electron chi connectivity index (χ2n) is 7.53. The van der Waals surface area contributed by atoms with E-state index in [0.717, 1.165) is 40.1 Å². The molecule has 32 heavy (non-hydrogen) atoms. The molecule has 168 valence electrons. The molecule has 1 aliphatic rings. The summed E-state index contributed by atoms with van der Waals surface area (Å²) in [6.07, 6.45) is 0.880. The van der Waals surface area contributed by atoms with Gasteiger partial charge in [0, 0.05) is 16.6 Å². The molecule has 0 amide bonds. The number of hydrogen-bond donors (Lipinski definition) is 1. The third-order valence-electron chi connectivity index (χ3n) is 5.63. The summed E-state index contributed by atoms with van der Waals surface area (Å²) in [7, 11) is 3.35. The summed E-state index contributed by atoms with van der Waals surface area (Å²) in [6, 6.07) is 18.2. The lowest BCUT2D eigenvalue weighted by molar-refractivity contribution is 0.284. The van der Waals surface area contributed by atoms with Crippen LogP contribution in [0.2, 0.25) is 0 Å². The van der Waals surface area contributed by atoms with Gasteiger partial charge in [0.1, 0.15) is 6.61 Å². The predicted octanol–water partition coefficient (Wildman–Crippen LogP) is 5.68. The van der Waals surface area contributed by atoms with Gasteiger partial charge in [0.25, 0.3) is 0 Å². The fourth-order valence-electron chi connectivity index (χ4n) is 4.12. The minimum Gasteiger partial charge on any atom is -0.493 e. The van der Waals surface area contributed by atoms with E-state index in [2.05, 4.69) is 27.3 Å². The van der Waals surface area contributed by atoms with Crippen LogP contribution in [0.4, 0.5) is 0 Å². The van der Waals surface area contributed by atoms with E-state index in [9.17, 15) is 0 Å². The minimum absolute atomic E-state index is 0.00434. The van der Waals surface area contributed by atoms with Crippen LogP contribution >= 0.6 is 15.9 Å². The molecule has 0 radical (unpaired) electrons. The number of rotatable bonds is 8. The maximum absolute atomic E-state index is 6.08. The Bertz CT molecular complexity index is 1070. The topological polar surface area (TPSA) is 49.0 Å². The first-order chi connectivity index (χ1) is 15.7. The number of halogens is 1. The molecule has 3 aromatic rings. The molecule has 0 aliphatic carbocycles. The molecule has 3 aromatic carbocycles. The largest absolute Gasteiger partial charge is 0.493 e. The SMILES string of the molecule is CCOc1c(OC)ccc2c1CCNC2c1cc(OC)c(OCc2ccccc2)cc1Br. The van der Waals surface area contributed by atoms with Crippen molar-refractivity contribution in [2.45, 2.75) is 26.0 Å². The molecule has 1 unspecified atom stereocenters. The number of methoxy groups -OCH3 is 2. The minimum atomic E-state index is -0.00434. The van der Waals surface area contributed by atoms with Gasteiger partial charge in [0.2, 0.25) is 0 Å². The summed E-state index contributed by atoms with van der Waals surface area (Å²) in [5, 5.41) is 3.65. The number of nitrogens with one attached hydrogen (secondary N) is 1. The Morgan fingerprint density at radius 1 is 0.906 bits per heavy atom. The summed E-state index contributed by atoms with van der Waals surface area (Å²) in [5.74, 6) is 3.01. The van der Waals surface area contributed by atoms with E-state index in [0.29, 0.717) is 24.7 Å². The fourth-order valence-corrected chi connectivity index (χ4v) is 4.67. The van der Waals surface area contributed by atoms with Gasteiger partial charge in [-0.1, -0.05) is 52.3 Å². The fraction of sp³-hybridized carbons (Fsp3) is 0.308. The molecule has 1 atom stereocenters. The number of benzene rings is 3. The first-order valence-electron chi connectivity index (χ1n) is 10.8. The average molecular weight is 498 g/mol. The standard InChI is InChI=1S/C26H28BrNO4/c1-4-31-26-19-12-13-28-25(18(19)10-11-22(26)29-2)20-14-23(30-3)24(15-21(20)27)32-16-17-8-6-5-7-9-17/h5-11,14-15,25,28H,4,12-13,16H2,1-3H3. The highest BCUT2D eigenvalue weighted by Crippen LogP contribution is 2.44. The van der Waals surface area contributed by atoms with E-state index in [1.807, 2.05) is 55.5 Å². The molecule has 6 heteroatoms. The third-order valence-corrected chi connectivity index (χ3v) is 6.32. The molecule has 0 spiro atoms. The van der Waals surface area contributed by atoms with Gasteiger partial charge in [-0.2, -0.15) is 0 Å². The van der Waals surface area contributed by atoms with Crippen LogP contribution in [0.1, 0.15) is 35.2 Å². The molecule has 1 aliphatic heterocycles. The monoisotopic (exact) mass is 497 g/mol. The van der Waals surface area contributed by atoms with E-state index >= 15 is 0 Å². The molecule has 4 rings (SSSR count). The maximum atomic E-state index is 6.08. The van der Waals surface area contributed by atoms with Crippen LogP contribution in [-0.4, -0.2) is 27.4 Å². The van der Waals surface area contributed by atoms with Gasteiger partial charge in [-0.25, -0.2) is 0 Å². The van der Waals surface area contributed by atoms with Gasteiger partial charge in [-0.15, -0.1) is 0 Å². The molecule has 5 nitrogen and oxygen atoms in total. The molecule has 0 bridgehead atoms.